The largest absolute Gasteiger partial charge is 0.397 e. The summed E-state index contributed by atoms with van der Waals surface area (Å²) in [5, 5.41) is 19.2. The highest BCUT2D eigenvalue weighted by Gasteiger charge is 2.62. The Bertz CT molecular complexity index is 981. The van der Waals surface area contributed by atoms with Crippen LogP contribution < -0.4 is 16.4 Å². The summed E-state index contributed by atoms with van der Waals surface area (Å²) in [5.74, 6) is 3.21. The van der Waals surface area contributed by atoms with Crippen LogP contribution in [0.25, 0.3) is 0 Å². The van der Waals surface area contributed by atoms with Gasteiger partial charge in [-0.05, 0) is 162 Å². The van der Waals surface area contributed by atoms with Crippen LogP contribution >= 0.6 is 0 Å². The van der Waals surface area contributed by atoms with E-state index in [9.17, 15) is 18.1 Å². The Balaban J connectivity index is 1.32. The SMILES string of the molecule is CC(C)[C@@H](CC[C@@H](C)[C@H]1CCC2C3C(O)C[C@H]4C[C@@H](NCCCNCCCCN)CC[C@]4(C)C3CC[C@@]21C)OS(=O)(=O)O. The van der Waals surface area contributed by atoms with E-state index < -0.39 is 16.5 Å². The second-order valence-electron chi connectivity index (χ2n) is 15.9. The molecule has 0 aromatic rings. The third-order valence-electron chi connectivity index (χ3n) is 13.1. The van der Waals surface area contributed by atoms with Crippen LogP contribution in [0.3, 0.4) is 0 Å². The molecule has 6 N–H and O–H groups in total. The van der Waals surface area contributed by atoms with E-state index in [4.69, 9.17) is 9.92 Å². The molecule has 0 aromatic carbocycles. The van der Waals surface area contributed by atoms with Gasteiger partial charge in [0.15, 0.2) is 0 Å². The molecule has 0 saturated heterocycles. The van der Waals surface area contributed by atoms with E-state index in [2.05, 4.69) is 31.4 Å². The van der Waals surface area contributed by atoms with Crippen molar-refractivity contribution in [2.75, 3.05) is 26.2 Å². The van der Waals surface area contributed by atoms with Crippen LogP contribution in [0.4, 0.5) is 0 Å². The minimum absolute atomic E-state index is 0.0152. The average molecular weight is 628 g/mol. The molecular formula is C34H65N3O5S. The molecule has 0 radical (unpaired) electrons. The molecule has 43 heavy (non-hydrogen) atoms. The Morgan fingerprint density at radius 1 is 0.907 bits per heavy atom. The zero-order valence-electron chi connectivity index (χ0n) is 27.9. The van der Waals surface area contributed by atoms with E-state index in [0.717, 1.165) is 58.3 Å². The van der Waals surface area contributed by atoms with Crippen LogP contribution in [0, 0.1) is 52.3 Å². The fourth-order valence-corrected chi connectivity index (χ4v) is 11.3. The van der Waals surface area contributed by atoms with Crippen molar-refractivity contribution in [3.05, 3.63) is 0 Å². The molecule has 11 atom stereocenters. The van der Waals surface area contributed by atoms with Crippen molar-refractivity contribution in [3.8, 4) is 0 Å². The van der Waals surface area contributed by atoms with Crippen LogP contribution in [0.5, 0.6) is 0 Å². The zero-order valence-corrected chi connectivity index (χ0v) is 28.7. The molecule has 0 spiro atoms. The van der Waals surface area contributed by atoms with Gasteiger partial charge >= 0.3 is 10.4 Å². The highest BCUT2D eigenvalue weighted by Crippen LogP contribution is 2.68. The zero-order chi connectivity index (χ0) is 31.4. The fourth-order valence-electron chi connectivity index (χ4n) is 10.7. The van der Waals surface area contributed by atoms with Gasteiger partial charge in [0, 0.05) is 6.04 Å². The van der Waals surface area contributed by atoms with Gasteiger partial charge in [0.25, 0.3) is 0 Å². The molecule has 0 aromatic heterocycles. The van der Waals surface area contributed by atoms with Crippen molar-refractivity contribution < 1.29 is 22.3 Å². The molecule has 0 aliphatic heterocycles. The minimum atomic E-state index is -4.45. The summed E-state index contributed by atoms with van der Waals surface area (Å²) in [6, 6.07) is 0.573. The Hall–Kier alpha value is -0.290. The monoisotopic (exact) mass is 627 g/mol. The van der Waals surface area contributed by atoms with E-state index in [0.29, 0.717) is 53.4 Å². The van der Waals surface area contributed by atoms with Gasteiger partial charge in [-0.3, -0.25) is 4.55 Å². The predicted octanol–water partition coefficient (Wildman–Crippen LogP) is 5.55. The molecule has 0 heterocycles. The number of aliphatic hydroxyl groups excluding tert-OH is 1. The van der Waals surface area contributed by atoms with E-state index in [1.807, 2.05) is 13.8 Å². The molecule has 0 bridgehead atoms. The molecule has 4 unspecified atom stereocenters. The lowest BCUT2D eigenvalue weighted by molar-refractivity contribution is -0.167. The second-order valence-corrected chi connectivity index (χ2v) is 17.0. The van der Waals surface area contributed by atoms with Gasteiger partial charge in [-0.1, -0.05) is 34.6 Å². The summed E-state index contributed by atoms with van der Waals surface area (Å²) < 4.78 is 37.1. The van der Waals surface area contributed by atoms with Crippen molar-refractivity contribution in [1.29, 1.82) is 0 Å². The molecule has 0 amide bonds. The highest BCUT2D eigenvalue weighted by atomic mass is 32.3. The predicted molar refractivity (Wildman–Crippen MR) is 174 cm³/mol. The quantitative estimate of drug-likeness (QED) is 0.111. The number of rotatable bonds is 16. The summed E-state index contributed by atoms with van der Waals surface area (Å²) in [6.45, 7) is 15.3. The summed E-state index contributed by atoms with van der Waals surface area (Å²) in [6.07, 6.45) is 13.7. The third-order valence-corrected chi connectivity index (χ3v) is 13.6. The average Bonchev–Trinajstić information content (AvgIpc) is 3.29. The highest BCUT2D eigenvalue weighted by molar-refractivity contribution is 7.80. The lowest BCUT2D eigenvalue weighted by Crippen LogP contribution is -2.59. The Morgan fingerprint density at radius 3 is 2.30 bits per heavy atom. The molecule has 9 heteroatoms. The van der Waals surface area contributed by atoms with Crippen LogP contribution in [0.1, 0.15) is 118 Å². The maximum Gasteiger partial charge on any atom is 0.397 e. The topological polar surface area (TPSA) is 134 Å². The van der Waals surface area contributed by atoms with Gasteiger partial charge < -0.3 is 21.5 Å². The van der Waals surface area contributed by atoms with Gasteiger partial charge in [0.05, 0.1) is 12.2 Å². The van der Waals surface area contributed by atoms with Crippen LogP contribution in [0.15, 0.2) is 0 Å². The number of hydrogen-bond acceptors (Lipinski definition) is 7. The first-order valence-electron chi connectivity index (χ1n) is 17.8. The third kappa shape index (κ3) is 8.36. The fraction of sp³-hybridized carbons (Fsp3) is 1.00. The van der Waals surface area contributed by atoms with E-state index in [-0.39, 0.29) is 17.4 Å². The van der Waals surface area contributed by atoms with Crippen molar-refractivity contribution in [2.24, 2.45) is 58.0 Å². The number of nitrogens with two attached hydrogens (primary N) is 1. The van der Waals surface area contributed by atoms with Crippen LogP contribution in [0.2, 0.25) is 0 Å². The number of fused-ring (bicyclic) bond motifs is 5. The number of hydrogen-bond donors (Lipinski definition) is 5. The summed E-state index contributed by atoms with van der Waals surface area (Å²) in [5.41, 5.74) is 6.13. The Morgan fingerprint density at radius 2 is 1.60 bits per heavy atom. The number of aliphatic hydroxyl groups is 1. The first kappa shape index (κ1) is 35.6. The second kappa shape index (κ2) is 15.1. The van der Waals surface area contributed by atoms with Gasteiger partial charge in [-0.2, -0.15) is 8.42 Å². The maximum atomic E-state index is 11.8. The molecule has 4 aliphatic rings. The van der Waals surface area contributed by atoms with Gasteiger partial charge in [-0.25, -0.2) is 4.18 Å². The smallest absolute Gasteiger partial charge is 0.393 e. The maximum absolute atomic E-state index is 11.8. The van der Waals surface area contributed by atoms with Crippen molar-refractivity contribution in [1.82, 2.24) is 10.6 Å². The molecule has 252 valence electrons. The van der Waals surface area contributed by atoms with Crippen LogP contribution in [-0.4, -0.2) is 62.5 Å². The van der Waals surface area contributed by atoms with E-state index in [1.54, 1.807) is 0 Å². The lowest BCUT2D eigenvalue weighted by Gasteiger charge is -2.62. The Labute approximate surface area is 263 Å². The van der Waals surface area contributed by atoms with Crippen molar-refractivity contribution in [2.45, 2.75) is 136 Å². The molecular weight excluding hydrogens is 562 g/mol. The number of unbranched alkanes of at least 4 members (excludes halogenated alkanes) is 1. The minimum Gasteiger partial charge on any atom is -0.393 e. The lowest BCUT2D eigenvalue weighted by atomic mass is 9.43. The molecule has 4 fully saturated rings. The van der Waals surface area contributed by atoms with Gasteiger partial charge in [0.1, 0.15) is 0 Å². The summed E-state index contributed by atoms with van der Waals surface area (Å²) >= 11 is 0. The first-order valence-corrected chi connectivity index (χ1v) is 19.1. The normalized spacial score (nSPS) is 39.2. The molecule has 4 saturated carbocycles. The first-order chi connectivity index (χ1) is 20.3. The Kier molecular flexibility index (Phi) is 12.5. The summed E-state index contributed by atoms with van der Waals surface area (Å²) in [7, 11) is -4.45. The standard InChI is InChI=1S/C34H65N3O5S/c1-23(2)31(42-43(39,40)41)12-9-24(3)27-10-11-28-32-29(14-16-34(27,28)5)33(4)15-13-26(21-25(33)22-30(32)38)37-20-8-19-36-18-7-6-17-35/h23-32,36-38H,6-22,35H2,1-5H3,(H,39,40,41)/t24-,25-,26+,27-,28?,29?,30?,31-,32?,33+,34-/m1/s1. The van der Waals surface area contributed by atoms with E-state index in [1.165, 1.54) is 44.9 Å². The molecule has 8 nitrogen and oxygen atoms in total. The molecule has 4 aliphatic carbocycles. The van der Waals surface area contributed by atoms with Crippen molar-refractivity contribution >= 4 is 10.4 Å². The van der Waals surface area contributed by atoms with Gasteiger partial charge in [0.2, 0.25) is 0 Å². The molecule has 4 rings (SSSR count). The summed E-state index contributed by atoms with van der Waals surface area (Å²) in [4.78, 5) is 0. The number of nitrogens with one attached hydrogen (secondary N) is 2. The van der Waals surface area contributed by atoms with Gasteiger partial charge in [-0.15, -0.1) is 0 Å². The van der Waals surface area contributed by atoms with E-state index >= 15 is 0 Å². The van der Waals surface area contributed by atoms with Crippen LogP contribution in [-0.2, 0) is 14.6 Å². The van der Waals surface area contributed by atoms with Crippen molar-refractivity contribution in [3.63, 3.8) is 0 Å².